The molecule has 0 saturated heterocycles. The molecule has 1 rings (SSSR count). The Morgan fingerprint density at radius 2 is 1.33 bits per heavy atom. The van der Waals surface area contributed by atoms with E-state index in [0.717, 1.165) is 16.7 Å². The lowest BCUT2D eigenvalue weighted by Crippen LogP contribution is -2.57. The Hall–Kier alpha value is -3.85. The molecule has 1 amide bonds. The van der Waals surface area contributed by atoms with Gasteiger partial charge in [-0.1, -0.05) is 109 Å². The number of Topliss-reactive ketones (excluding diaryl/α,β-unsaturated/α-hetero) is 1. The van der Waals surface area contributed by atoms with Crippen LogP contribution in [0.5, 0.6) is 0 Å². The van der Waals surface area contributed by atoms with E-state index in [4.69, 9.17) is 4.74 Å². The van der Waals surface area contributed by atoms with E-state index in [1.165, 1.54) is 11.1 Å². The van der Waals surface area contributed by atoms with Gasteiger partial charge in [0.1, 0.15) is 5.54 Å². The highest BCUT2D eigenvalue weighted by molar-refractivity contribution is 6.01. The maximum atomic E-state index is 13.1. The summed E-state index contributed by atoms with van der Waals surface area (Å²) in [5.74, 6) is -1.62. The Morgan fingerprint density at radius 3 is 1.85 bits per heavy atom. The lowest BCUT2D eigenvalue weighted by molar-refractivity contribution is -0.156. The highest BCUT2D eigenvalue weighted by Crippen LogP contribution is 2.40. The Morgan fingerprint density at radius 1 is 0.826 bits per heavy atom. The van der Waals surface area contributed by atoms with Crippen molar-refractivity contribution >= 4 is 17.7 Å². The molecule has 0 radical (unpaired) electrons. The van der Waals surface area contributed by atoms with Gasteiger partial charge in [-0.3, -0.25) is 14.4 Å². The Kier molecular flexibility index (Phi) is 17.1. The molecule has 0 fully saturated rings. The van der Waals surface area contributed by atoms with Crippen molar-refractivity contribution in [3.63, 3.8) is 0 Å². The summed E-state index contributed by atoms with van der Waals surface area (Å²) in [6.07, 6.45) is 23.0. The minimum Gasteiger partial charge on any atom is -0.454 e. The van der Waals surface area contributed by atoms with Crippen molar-refractivity contribution in [2.75, 3.05) is 19.8 Å². The summed E-state index contributed by atoms with van der Waals surface area (Å²) >= 11 is 0. The van der Waals surface area contributed by atoms with Crippen LogP contribution in [-0.2, 0) is 19.1 Å². The van der Waals surface area contributed by atoms with Gasteiger partial charge in [0.05, 0.1) is 26.2 Å². The lowest BCUT2D eigenvalue weighted by atomic mass is 9.71. The molecule has 0 aromatic rings. The molecule has 1 atom stereocenters. The molecule has 46 heavy (non-hydrogen) atoms. The monoisotopic (exact) mass is 635 g/mol. The normalized spacial score (nSPS) is 18.4. The molecule has 1 aliphatic carbocycles. The molecular formula is C38H53NO7. The van der Waals surface area contributed by atoms with E-state index < -0.39 is 48.8 Å². The third kappa shape index (κ3) is 14.1. The largest absolute Gasteiger partial charge is 0.454 e. The van der Waals surface area contributed by atoms with Gasteiger partial charge in [-0.2, -0.15) is 0 Å². The zero-order valence-electron chi connectivity index (χ0n) is 28.7. The number of carbonyl (C=O) groups excluding carboxylic acids is 3. The highest BCUT2D eigenvalue weighted by Gasteiger charge is 2.40. The fourth-order valence-corrected chi connectivity index (χ4v) is 4.59. The number of aliphatic hydroxyl groups is 3. The molecule has 8 heteroatoms. The number of rotatable bonds is 16. The second-order valence-corrected chi connectivity index (χ2v) is 12.7. The number of nitrogens with one attached hydrogen (secondary N) is 1. The van der Waals surface area contributed by atoms with Crippen molar-refractivity contribution in [3.05, 3.63) is 106 Å². The average Bonchev–Trinajstić information content (AvgIpc) is 2.99. The van der Waals surface area contributed by atoms with Crippen LogP contribution in [0.1, 0.15) is 74.7 Å². The number of hydrogen-bond donors (Lipinski definition) is 4. The molecule has 0 aromatic heterocycles. The molecule has 0 spiro atoms. The first-order valence-electron chi connectivity index (χ1n) is 15.5. The van der Waals surface area contributed by atoms with E-state index in [0.29, 0.717) is 12.0 Å². The van der Waals surface area contributed by atoms with Gasteiger partial charge < -0.3 is 25.4 Å². The SMILES string of the molecule is CC(C)=C/C=C/C(C)=C/C=C/C=C(C)/C=C/C=C(C)/C=C/C1=C(C)C(=O)C(OC(=O)CCC(=O)NC(CO)(CO)CO)CC1(C)C. The molecule has 0 bridgehead atoms. The predicted octanol–water partition coefficient (Wildman–Crippen LogP) is 5.86. The number of aliphatic hydroxyl groups excluding tert-OH is 3. The maximum Gasteiger partial charge on any atom is 0.307 e. The molecule has 4 N–H and O–H groups in total. The Balaban J connectivity index is 2.82. The first kappa shape index (κ1) is 40.2. The number of allylic oxidation sites excluding steroid dienone is 17. The molecule has 8 nitrogen and oxygen atoms in total. The molecule has 0 aliphatic heterocycles. The minimum atomic E-state index is -1.58. The van der Waals surface area contributed by atoms with Crippen molar-refractivity contribution in [2.24, 2.45) is 5.41 Å². The second kappa shape index (κ2) is 19.6. The summed E-state index contributed by atoms with van der Waals surface area (Å²) in [7, 11) is 0. The van der Waals surface area contributed by atoms with E-state index >= 15 is 0 Å². The standard InChI is InChI=1S/C38H53NO7/c1-27(2)13-11-16-28(3)14-9-10-15-29(4)17-12-18-30(5)19-20-32-31(6)36(45)33(23-37(32,7)8)46-35(44)22-21-34(43)39-38(24-40,25-41)26-42/h9-20,33,40-42H,21-26H2,1-8H3,(H,39,43)/b10-9+,16-11+,17-12+,20-19+,28-14+,29-15+,30-18+. The summed E-state index contributed by atoms with van der Waals surface area (Å²) in [5, 5.41) is 30.4. The van der Waals surface area contributed by atoms with Gasteiger partial charge in [-0.25, -0.2) is 0 Å². The van der Waals surface area contributed by atoms with E-state index in [-0.39, 0.29) is 18.6 Å². The average molecular weight is 636 g/mol. The summed E-state index contributed by atoms with van der Waals surface area (Å²) in [6, 6.07) is 0. The first-order valence-corrected chi connectivity index (χ1v) is 15.5. The van der Waals surface area contributed by atoms with Crippen LogP contribution in [0.3, 0.4) is 0 Å². The van der Waals surface area contributed by atoms with Crippen molar-refractivity contribution < 1.29 is 34.4 Å². The van der Waals surface area contributed by atoms with Crippen molar-refractivity contribution in [3.8, 4) is 0 Å². The van der Waals surface area contributed by atoms with Crippen molar-refractivity contribution in [2.45, 2.75) is 86.3 Å². The van der Waals surface area contributed by atoms with Crippen LogP contribution in [0.15, 0.2) is 106 Å². The van der Waals surface area contributed by atoms with E-state index in [9.17, 15) is 29.7 Å². The van der Waals surface area contributed by atoms with Crippen LogP contribution in [0.25, 0.3) is 0 Å². The van der Waals surface area contributed by atoms with Crippen molar-refractivity contribution in [1.82, 2.24) is 5.32 Å². The summed E-state index contributed by atoms with van der Waals surface area (Å²) in [5.41, 5.74) is 3.89. The van der Waals surface area contributed by atoms with Crippen LogP contribution >= 0.6 is 0 Å². The Labute approximate surface area is 275 Å². The zero-order chi connectivity index (χ0) is 34.9. The summed E-state index contributed by atoms with van der Waals surface area (Å²) in [6.45, 7) is 13.9. The van der Waals surface area contributed by atoms with Gasteiger partial charge in [-0.05, 0) is 58.1 Å². The third-order valence-electron chi connectivity index (χ3n) is 7.48. The van der Waals surface area contributed by atoms with Gasteiger partial charge in [0.15, 0.2) is 11.9 Å². The van der Waals surface area contributed by atoms with Gasteiger partial charge >= 0.3 is 5.97 Å². The molecule has 0 saturated carbocycles. The second-order valence-electron chi connectivity index (χ2n) is 12.7. The molecular weight excluding hydrogens is 582 g/mol. The molecule has 1 unspecified atom stereocenters. The fraction of sp³-hybridized carbons (Fsp3) is 0.447. The van der Waals surface area contributed by atoms with Gasteiger partial charge in [0, 0.05) is 12.8 Å². The van der Waals surface area contributed by atoms with Crippen LogP contribution < -0.4 is 5.32 Å². The van der Waals surface area contributed by atoms with Gasteiger partial charge in [-0.15, -0.1) is 0 Å². The van der Waals surface area contributed by atoms with Crippen molar-refractivity contribution in [1.29, 1.82) is 0 Å². The van der Waals surface area contributed by atoms with Gasteiger partial charge in [0.25, 0.3) is 0 Å². The maximum absolute atomic E-state index is 13.1. The predicted molar refractivity (Wildman–Crippen MR) is 185 cm³/mol. The van der Waals surface area contributed by atoms with Crippen LogP contribution in [0, 0.1) is 5.41 Å². The smallest absolute Gasteiger partial charge is 0.307 e. The third-order valence-corrected chi connectivity index (χ3v) is 7.48. The van der Waals surface area contributed by atoms with Gasteiger partial charge in [0.2, 0.25) is 5.91 Å². The van der Waals surface area contributed by atoms with Crippen LogP contribution in [0.2, 0.25) is 0 Å². The molecule has 0 aromatic carbocycles. The van der Waals surface area contributed by atoms with Crippen LogP contribution in [-0.4, -0.2) is 64.4 Å². The Bertz CT molecular complexity index is 1350. The number of esters is 1. The number of amides is 1. The molecule has 252 valence electrons. The summed E-state index contributed by atoms with van der Waals surface area (Å²) in [4.78, 5) is 37.8. The topological polar surface area (TPSA) is 133 Å². The van der Waals surface area contributed by atoms with E-state index in [1.54, 1.807) is 6.92 Å². The summed E-state index contributed by atoms with van der Waals surface area (Å²) < 4.78 is 5.47. The number of hydrogen-bond acceptors (Lipinski definition) is 7. The fourth-order valence-electron chi connectivity index (χ4n) is 4.59. The minimum absolute atomic E-state index is 0.277. The molecule has 0 heterocycles. The number of ether oxygens (including phenoxy) is 1. The zero-order valence-corrected chi connectivity index (χ0v) is 28.7. The number of ketones is 1. The highest BCUT2D eigenvalue weighted by atomic mass is 16.5. The number of carbonyl (C=O) groups is 3. The quantitative estimate of drug-likeness (QED) is 0.123. The lowest BCUT2D eigenvalue weighted by Gasteiger charge is -2.36. The molecule has 1 aliphatic rings. The van der Waals surface area contributed by atoms with E-state index in [2.05, 4.69) is 44.3 Å². The van der Waals surface area contributed by atoms with Crippen LogP contribution in [0.4, 0.5) is 0 Å². The first-order chi connectivity index (χ1) is 21.6. The van der Waals surface area contributed by atoms with E-state index in [1.807, 2.05) is 82.4 Å².